The maximum absolute atomic E-state index is 14.0. The van der Waals surface area contributed by atoms with Crippen molar-refractivity contribution in [3.8, 4) is 0 Å². The van der Waals surface area contributed by atoms with Crippen LogP contribution in [0, 0.1) is 11.3 Å². The maximum Gasteiger partial charge on any atom is 0.319 e. The van der Waals surface area contributed by atoms with E-state index in [4.69, 9.17) is 4.74 Å². The summed E-state index contributed by atoms with van der Waals surface area (Å²) >= 11 is 0. The number of carboxylic acids is 1. The van der Waals surface area contributed by atoms with E-state index in [0.717, 1.165) is 0 Å². The summed E-state index contributed by atoms with van der Waals surface area (Å²) in [5, 5.41) is 11.8. The molecule has 130 valence electrons. The Hall–Kier alpha value is -2.02. The van der Waals surface area contributed by atoms with Crippen LogP contribution in [-0.4, -0.2) is 42.7 Å². The SMILES string of the molecule is O=C(O)C1(C(=O)NC[C@@H]2[C@@H](c3ccccc3)C2(F)F)CCOCC1. The van der Waals surface area contributed by atoms with Gasteiger partial charge in [-0.2, -0.15) is 0 Å². The van der Waals surface area contributed by atoms with Crippen molar-refractivity contribution in [1.82, 2.24) is 5.32 Å². The van der Waals surface area contributed by atoms with Crippen LogP contribution in [0.4, 0.5) is 8.78 Å². The molecule has 1 aromatic carbocycles. The molecule has 1 heterocycles. The van der Waals surface area contributed by atoms with Crippen LogP contribution in [0.15, 0.2) is 30.3 Å². The van der Waals surface area contributed by atoms with Crippen molar-refractivity contribution >= 4 is 11.9 Å². The van der Waals surface area contributed by atoms with Crippen molar-refractivity contribution in [1.29, 1.82) is 0 Å². The zero-order valence-electron chi connectivity index (χ0n) is 13.0. The number of hydrogen-bond acceptors (Lipinski definition) is 3. The lowest BCUT2D eigenvalue weighted by Crippen LogP contribution is -2.50. The van der Waals surface area contributed by atoms with E-state index < -0.39 is 35.0 Å². The minimum Gasteiger partial charge on any atom is -0.480 e. The van der Waals surface area contributed by atoms with E-state index in [1.54, 1.807) is 30.3 Å². The molecule has 1 saturated heterocycles. The molecule has 2 aliphatic rings. The Bertz CT molecular complexity index is 629. The molecule has 1 saturated carbocycles. The number of alkyl halides is 2. The first-order chi connectivity index (χ1) is 11.4. The third-order valence-electron chi connectivity index (χ3n) is 5.03. The van der Waals surface area contributed by atoms with E-state index in [2.05, 4.69) is 5.32 Å². The molecule has 5 nitrogen and oxygen atoms in total. The monoisotopic (exact) mass is 339 g/mol. The quantitative estimate of drug-likeness (QED) is 0.805. The lowest BCUT2D eigenvalue weighted by atomic mass is 9.79. The van der Waals surface area contributed by atoms with Gasteiger partial charge in [-0.3, -0.25) is 9.59 Å². The normalized spacial score (nSPS) is 27.2. The average molecular weight is 339 g/mol. The zero-order valence-corrected chi connectivity index (χ0v) is 13.0. The number of nitrogens with one attached hydrogen (secondary N) is 1. The first-order valence-corrected chi connectivity index (χ1v) is 7.92. The predicted octanol–water partition coefficient (Wildman–Crippen LogP) is 2.03. The molecule has 2 atom stereocenters. The highest BCUT2D eigenvalue weighted by Gasteiger charge is 2.68. The maximum atomic E-state index is 14.0. The van der Waals surface area contributed by atoms with E-state index >= 15 is 0 Å². The summed E-state index contributed by atoms with van der Waals surface area (Å²) in [6.07, 6.45) is 0.106. The lowest BCUT2D eigenvalue weighted by Gasteiger charge is -2.31. The molecular weight excluding hydrogens is 320 g/mol. The van der Waals surface area contributed by atoms with Crippen LogP contribution >= 0.6 is 0 Å². The number of amides is 1. The van der Waals surface area contributed by atoms with Crippen molar-refractivity contribution in [3.63, 3.8) is 0 Å². The summed E-state index contributed by atoms with van der Waals surface area (Å²) in [5.74, 6) is -6.76. The number of aliphatic carboxylic acids is 1. The highest BCUT2D eigenvalue weighted by Crippen LogP contribution is 2.61. The summed E-state index contributed by atoms with van der Waals surface area (Å²) in [6.45, 7) is 0.110. The second-order valence-corrected chi connectivity index (χ2v) is 6.38. The molecule has 7 heteroatoms. The smallest absolute Gasteiger partial charge is 0.319 e. The number of halogens is 2. The first kappa shape index (κ1) is 16.8. The number of hydrogen-bond donors (Lipinski definition) is 2. The third kappa shape index (κ3) is 2.77. The molecule has 0 radical (unpaired) electrons. The Morgan fingerprint density at radius 2 is 1.83 bits per heavy atom. The van der Waals surface area contributed by atoms with Crippen LogP contribution in [0.25, 0.3) is 0 Å². The Morgan fingerprint density at radius 1 is 1.21 bits per heavy atom. The van der Waals surface area contributed by atoms with E-state index in [1.165, 1.54) is 0 Å². The van der Waals surface area contributed by atoms with E-state index in [1.807, 2.05) is 0 Å². The number of ether oxygens (including phenoxy) is 1. The minimum absolute atomic E-state index is 0.0529. The Labute approximate surface area is 138 Å². The lowest BCUT2D eigenvalue weighted by molar-refractivity contribution is -0.162. The molecule has 0 bridgehead atoms. The second-order valence-electron chi connectivity index (χ2n) is 6.38. The van der Waals surface area contributed by atoms with Gasteiger partial charge >= 0.3 is 5.97 Å². The fourth-order valence-corrected chi connectivity index (χ4v) is 3.39. The van der Waals surface area contributed by atoms with Crippen LogP contribution < -0.4 is 5.32 Å². The van der Waals surface area contributed by atoms with Gasteiger partial charge in [0.1, 0.15) is 0 Å². The number of carboxylic acid groups (broad SMARTS) is 1. The molecule has 0 aromatic heterocycles. The van der Waals surface area contributed by atoms with Crippen molar-refractivity contribution in [2.24, 2.45) is 11.3 Å². The molecule has 3 rings (SSSR count). The number of benzene rings is 1. The molecule has 0 spiro atoms. The van der Waals surface area contributed by atoms with Gasteiger partial charge in [-0.25, -0.2) is 8.78 Å². The van der Waals surface area contributed by atoms with Crippen LogP contribution in [0.1, 0.15) is 24.3 Å². The summed E-state index contributed by atoms with van der Waals surface area (Å²) in [7, 11) is 0. The van der Waals surface area contributed by atoms with E-state index in [-0.39, 0.29) is 32.6 Å². The van der Waals surface area contributed by atoms with Crippen molar-refractivity contribution < 1.29 is 28.2 Å². The van der Waals surface area contributed by atoms with Crippen LogP contribution in [0.5, 0.6) is 0 Å². The van der Waals surface area contributed by atoms with Gasteiger partial charge in [-0.15, -0.1) is 0 Å². The van der Waals surface area contributed by atoms with Gasteiger partial charge in [0.15, 0.2) is 5.41 Å². The van der Waals surface area contributed by atoms with Crippen LogP contribution in [0.3, 0.4) is 0 Å². The number of carbonyl (C=O) groups is 2. The van der Waals surface area contributed by atoms with E-state index in [0.29, 0.717) is 5.56 Å². The highest BCUT2D eigenvalue weighted by molar-refractivity contribution is 6.02. The van der Waals surface area contributed by atoms with Gasteiger partial charge in [0, 0.05) is 19.8 Å². The second kappa shape index (κ2) is 6.12. The summed E-state index contributed by atoms with van der Waals surface area (Å²) in [5.41, 5.74) is -1.05. The molecule has 1 aliphatic carbocycles. The van der Waals surface area contributed by atoms with Crippen LogP contribution in [-0.2, 0) is 14.3 Å². The molecule has 1 amide bonds. The van der Waals surface area contributed by atoms with Crippen molar-refractivity contribution in [2.75, 3.05) is 19.8 Å². The molecular formula is C17H19F2NO4. The largest absolute Gasteiger partial charge is 0.480 e. The van der Waals surface area contributed by atoms with Gasteiger partial charge in [-0.1, -0.05) is 30.3 Å². The fourth-order valence-electron chi connectivity index (χ4n) is 3.39. The fraction of sp³-hybridized carbons (Fsp3) is 0.529. The summed E-state index contributed by atoms with van der Waals surface area (Å²) < 4.78 is 33.1. The van der Waals surface area contributed by atoms with Gasteiger partial charge in [0.05, 0.1) is 11.8 Å². The Balaban J connectivity index is 1.65. The van der Waals surface area contributed by atoms with Crippen molar-refractivity contribution in [2.45, 2.75) is 24.7 Å². The molecule has 2 N–H and O–H groups in total. The number of carbonyl (C=O) groups excluding carboxylic acids is 1. The molecule has 2 fully saturated rings. The standard InChI is InChI=1S/C17H19F2NO4/c18-17(19)12(13(17)11-4-2-1-3-5-11)10-20-14(21)16(15(22)23)6-8-24-9-7-16/h1-5,12-13H,6-10H2,(H,20,21)(H,22,23)/t12-,13-/m1/s1. The molecule has 0 unspecified atom stereocenters. The zero-order chi connectivity index (χ0) is 17.4. The molecule has 24 heavy (non-hydrogen) atoms. The third-order valence-corrected chi connectivity index (χ3v) is 5.03. The van der Waals surface area contributed by atoms with Crippen molar-refractivity contribution in [3.05, 3.63) is 35.9 Å². The first-order valence-electron chi connectivity index (χ1n) is 7.92. The predicted molar refractivity (Wildman–Crippen MR) is 80.8 cm³/mol. The van der Waals surface area contributed by atoms with Crippen LogP contribution in [0.2, 0.25) is 0 Å². The van der Waals surface area contributed by atoms with E-state index in [9.17, 15) is 23.5 Å². The van der Waals surface area contributed by atoms with Gasteiger partial charge in [0.2, 0.25) is 5.91 Å². The minimum atomic E-state index is -2.89. The summed E-state index contributed by atoms with van der Waals surface area (Å²) in [6, 6.07) is 8.42. The molecule has 1 aromatic rings. The van der Waals surface area contributed by atoms with Gasteiger partial charge in [0.25, 0.3) is 5.92 Å². The summed E-state index contributed by atoms with van der Waals surface area (Å²) in [4.78, 5) is 23.9. The average Bonchev–Trinajstić information content (AvgIpc) is 3.14. The Kier molecular flexibility index (Phi) is 4.29. The van der Waals surface area contributed by atoms with Gasteiger partial charge in [-0.05, 0) is 18.4 Å². The highest BCUT2D eigenvalue weighted by atomic mass is 19.3. The molecule has 1 aliphatic heterocycles. The van der Waals surface area contributed by atoms with Gasteiger partial charge < -0.3 is 15.2 Å². The topological polar surface area (TPSA) is 75.6 Å². The Morgan fingerprint density at radius 3 is 2.42 bits per heavy atom. The number of rotatable bonds is 5.